The van der Waals surface area contributed by atoms with E-state index >= 15 is 0 Å². The third-order valence-electron chi connectivity index (χ3n) is 9.26. The van der Waals surface area contributed by atoms with Gasteiger partial charge in [0.25, 0.3) is 0 Å². The summed E-state index contributed by atoms with van der Waals surface area (Å²) in [5.41, 5.74) is 2.54. The van der Waals surface area contributed by atoms with Gasteiger partial charge in [-0.25, -0.2) is 0 Å². The Morgan fingerprint density at radius 2 is 1.08 bits per heavy atom. The van der Waals surface area contributed by atoms with Gasteiger partial charge >= 0.3 is 11.9 Å². The van der Waals surface area contributed by atoms with Crippen LogP contribution in [0.15, 0.2) is 85.1 Å². The predicted molar refractivity (Wildman–Crippen MR) is 212 cm³/mol. The molecular formula is C41H47N7O11. The first kappa shape index (κ1) is 44.5. The number of phenolic OH excluding ortho intramolecular Hbond substituents is 1. The highest BCUT2D eigenvalue weighted by Crippen LogP contribution is 2.20. The molecule has 6 amide bonds. The first-order valence-electron chi connectivity index (χ1n) is 18.6. The minimum atomic E-state index is -1.56. The molecule has 0 aliphatic rings. The molecule has 5 atom stereocenters. The van der Waals surface area contributed by atoms with Crippen LogP contribution in [0, 0.1) is 0 Å². The van der Waals surface area contributed by atoms with Crippen LogP contribution in [0.4, 0.5) is 0 Å². The molecule has 0 radical (unpaired) electrons. The van der Waals surface area contributed by atoms with Crippen LogP contribution in [0.25, 0.3) is 10.9 Å². The van der Waals surface area contributed by atoms with Crippen molar-refractivity contribution in [2.45, 2.75) is 75.7 Å². The molecule has 18 nitrogen and oxygen atoms in total. The van der Waals surface area contributed by atoms with Crippen LogP contribution in [-0.4, -0.2) is 105 Å². The molecule has 0 bridgehead atoms. The van der Waals surface area contributed by atoms with Crippen molar-refractivity contribution in [3.63, 3.8) is 0 Å². The number of aromatic nitrogens is 1. The number of carbonyl (C=O) groups excluding carboxylic acids is 6. The molecule has 59 heavy (non-hydrogen) atoms. The summed E-state index contributed by atoms with van der Waals surface area (Å²) in [7, 11) is 1.39. The SMILES string of the molecule is CNC(=O)[C@@H](Cc1c[nH]c2ccccc12)NC(=O)[C@H](CCC(=O)O)NC(=O)[C@H](Cc1ccccc1)NC(=O)[C@H](Cc1ccc(O)cc1)NC(=O)[C@H](CC(=O)O)NC(C)=O. The minimum absolute atomic E-state index is 0.0467. The predicted octanol–water partition coefficient (Wildman–Crippen LogP) is 0.431. The highest BCUT2D eigenvalue weighted by molar-refractivity contribution is 5.97. The van der Waals surface area contributed by atoms with E-state index in [0.29, 0.717) is 16.7 Å². The number of para-hydroxylation sites is 1. The van der Waals surface area contributed by atoms with E-state index in [4.69, 9.17) is 0 Å². The van der Waals surface area contributed by atoms with Crippen molar-refractivity contribution in [2.75, 3.05) is 7.05 Å². The fourth-order valence-corrected chi connectivity index (χ4v) is 6.30. The van der Waals surface area contributed by atoms with Gasteiger partial charge < -0.3 is 52.2 Å². The van der Waals surface area contributed by atoms with E-state index < -0.39 is 90.4 Å². The fourth-order valence-electron chi connectivity index (χ4n) is 6.30. The van der Waals surface area contributed by atoms with Gasteiger partial charge in [0.15, 0.2) is 0 Å². The third-order valence-corrected chi connectivity index (χ3v) is 9.26. The molecule has 18 heteroatoms. The minimum Gasteiger partial charge on any atom is -0.508 e. The molecule has 0 saturated heterocycles. The normalized spacial score (nSPS) is 13.4. The van der Waals surface area contributed by atoms with Crippen molar-refractivity contribution in [1.29, 1.82) is 0 Å². The first-order chi connectivity index (χ1) is 28.1. The summed E-state index contributed by atoms with van der Waals surface area (Å²) < 4.78 is 0. The zero-order valence-electron chi connectivity index (χ0n) is 32.3. The molecule has 3 aromatic carbocycles. The molecule has 312 valence electrons. The van der Waals surface area contributed by atoms with E-state index in [1.165, 1.54) is 31.3 Å². The third kappa shape index (κ3) is 13.7. The Bertz CT molecular complexity index is 2120. The number of amides is 6. The van der Waals surface area contributed by atoms with Crippen LogP contribution in [0.5, 0.6) is 5.75 Å². The van der Waals surface area contributed by atoms with Gasteiger partial charge in [0, 0.05) is 56.8 Å². The quantitative estimate of drug-likeness (QED) is 0.0551. The smallest absolute Gasteiger partial charge is 0.305 e. The number of phenols is 1. The Kier molecular flexibility index (Phi) is 16.1. The molecule has 0 fully saturated rings. The molecule has 4 aromatic rings. The van der Waals surface area contributed by atoms with Gasteiger partial charge in [-0.1, -0.05) is 60.7 Å². The second kappa shape index (κ2) is 21.3. The fraction of sp³-hybridized carbons (Fsp3) is 0.317. The van der Waals surface area contributed by atoms with E-state index in [2.05, 4.69) is 36.9 Å². The Labute approximate surface area is 338 Å². The molecule has 0 aliphatic heterocycles. The molecule has 0 unspecified atom stereocenters. The molecule has 10 N–H and O–H groups in total. The standard InChI is InChI=1S/C41H47N7O11/c1-23(49)44-34(21-36(53)54)41(59)47-32(19-25-12-14-27(50)15-13-25)40(58)46-31(18-24-8-4-3-5-9-24)39(57)45-30(16-17-35(51)52)38(56)48-33(37(55)42-2)20-26-22-43-29-11-7-6-10-28(26)29/h3-15,22,30-34,43,50H,16-21H2,1-2H3,(H,42,55)(H,44,49)(H,45,57)(H,46,58)(H,47,59)(H,48,56)(H,51,52)(H,53,54)/t30-,31-,32-,33+,34-/m0/s1. The summed E-state index contributed by atoms with van der Waals surface area (Å²) in [6.07, 6.45) is -0.338. The number of aliphatic carboxylic acids is 2. The number of hydrogen-bond acceptors (Lipinski definition) is 9. The van der Waals surface area contributed by atoms with Crippen LogP contribution in [0.2, 0.25) is 0 Å². The lowest BCUT2D eigenvalue weighted by Gasteiger charge is -2.27. The average molecular weight is 814 g/mol. The molecule has 0 aliphatic carbocycles. The number of H-pyrrole nitrogens is 1. The van der Waals surface area contributed by atoms with E-state index in [9.17, 15) is 53.7 Å². The number of rotatable bonds is 21. The highest BCUT2D eigenvalue weighted by Gasteiger charge is 2.33. The van der Waals surface area contributed by atoms with Crippen molar-refractivity contribution in [1.82, 2.24) is 36.9 Å². The van der Waals surface area contributed by atoms with Gasteiger partial charge in [-0.3, -0.25) is 38.4 Å². The molecule has 0 saturated carbocycles. The van der Waals surface area contributed by atoms with Crippen molar-refractivity contribution in [2.24, 2.45) is 0 Å². The number of carbonyl (C=O) groups is 8. The monoisotopic (exact) mass is 813 g/mol. The second-order valence-electron chi connectivity index (χ2n) is 13.8. The van der Waals surface area contributed by atoms with Gasteiger partial charge in [0.2, 0.25) is 35.4 Å². The summed E-state index contributed by atoms with van der Waals surface area (Å²) in [6.45, 7) is 1.09. The number of benzene rings is 3. The lowest BCUT2D eigenvalue weighted by molar-refractivity contribution is -0.141. The molecular weight excluding hydrogens is 766 g/mol. The number of aromatic hydroxyl groups is 1. The highest BCUT2D eigenvalue weighted by atomic mass is 16.4. The lowest BCUT2D eigenvalue weighted by Crippen LogP contribution is -2.60. The van der Waals surface area contributed by atoms with Gasteiger partial charge in [0.05, 0.1) is 6.42 Å². The van der Waals surface area contributed by atoms with Crippen LogP contribution < -0.4 is 31.9 Å². The number of hydrogen-bond donors (Lipinski definition) is 10. The molecule has 0 spiro atoms. The maximum absolute atomic E-state index is 14.1. The second-order valence-corrected chi connectivity index (χ2v) is 13.8. The van der Waals surface area contributed by atoms with Crippen LogP contribution in [0.3, 0.4) is 0 Å². The summed E-state index contributed by atoms with van der Waals surface area (Å²) in [5, 5.41) is 44.5. The molecule has 1 aromatic heterocycles. The van der Waals surface area contributed by atoms with Crippen molar-refractivity contribution >= 4 is 58.3 Å². The van der Waals surface area contributed by atoms with E-state index in [1.807, 2.05) is 24.3 Å². The maximum atomic E-state index is 14.1. The average Bonchev–Trinajstić information content (AvgIpc) is 3.61. The number of carboxylic acid groups (broad SMARTS) is 2. The first-order valence-corrected chi connectivity index (χ1v) is 18.6. The Hall–Kier alpha value is -7.24. The number of nitrogens with one attached hydrogen (secondary N) is 7. The number of fused-ring (bicyclic) bond motifs is 1. The summed E-state index contributed by atoms with van der Waals surface area (Å²) in [5.74, 6) is -7.68. The van der Waals surface area contributed by atoms with Gasteiger partial charge in [-0.15, -0.1) is 0 Å². The van der Waals surface area contributed by atoms with Crippen LogP contribution >= 0.6 is 0 Å². The lowest BCUT2D eigenvalue weighted by atomic mass is 10.0. The largest absolute Gasteiger partial charge is 0.508 e. The Balaban J connectivity index is 1.62. The Morgan fingerprint density at radius 3 is 1.64 bits per heavy atom. The summed E-state index contributed by atoms with van der Waals surface area (Å²) in [4.78, 5) is 107. The number of carboxylic acids is 2. The molecule has 4 rings (SSSR count). The molecule has 1 heterocycles. The van der Waals surface area contributed by atoms with Crippen molar-refractivity contribution < 1.29 is 53.7 Å². The Morgan fingerprint density at radius 1 is 0.576 bits per heavy atom. The summed E-state index contributed by atoms with van der Waals surface area (Å²) in [6, 6.07) is 14.4. The zero-order chi connectivity index (χ0) is 43.1. The van der Waals surface area contributed by atoms with E-state index in [-0.39, 0.29) is 31.4 Å². The van der Waals surface area contributed by atoms with E-state index in [1.54, 1.807) is 36.5 Å². The van der Waals surface area contributed by atoms with E-state index in [0.717, 1.165) is 17.8 Å². The maximum Gasteiger partial charge on any atom is 0.305 e. The summed E-state index contributed by atoms with van der Waals surface area (Å²) >= 11 is 0. The van der Waals surface area contributed by atoms with Crippen LogP contribution in [-0.2, 0) is 57.6 Å². The van der Waals surface area contributed by atoms with Crippen molar-refractivity contribution in [3.8, 4) is 5.75 Å². The number of aromatic amines is 1. The van der Waals surface area contributed by atoms with Gasteiger partial charge in [-0.2, -0.15) is 0 Å². The topological polar surface area (TPSA) is 285 Å². The van der Waals surface area contributed by atoms with Gasteiger partial charge in [0.1, 0.15) is 36.0 Å². The number of likely N-dealkylation sites (N-methyl/N-ethyl adjacent to an activating group) is 1. The van der Waals surface area contributed by atoms with Gasteiger partial charge in [-0.05, 0) is 41.3 Å². The zero-order valence-corrected chi connectivity index (χ0v) is 32.3. The van der Waals surface area contributed by atoms with Crippen LogP contribution in [0.1, 0.15) is 42.9 Å². The van der Waals surface area contributed by atoms with Crippen molar-refractivity contribution in [3.05, 3.63) is 102 Å².